The van der Waals surface area contributed by atoms with Crippen LogP contribution in [0.4, 0.5) is 0 Å². The van der Waals surface area contributed by atoms with E-state index >= 15 is 0 Å². The molecule has 3 rings (SSSR count). The lowest BCUT2D eigenvalue weighted by molar-refractivity contribution is 0.242. The number of hydrogen-bond donors (Lipinski definition) is 1. The number of hydrogen-bond acceptors (Lipinski definition) is 4. The summed E-state index contributed by atoms with van der Waals surface area (Å²) in [6.45, 7) is 2.47. The molecule has 0 spiro atoms. The minimum Gasteiger partial charge on any atom is -0.396 e. The molecule has 1 aromatic rings. The third-order valence-corrected chi connectivity index (χ3v) is 4.41. The van der Waals surface area contributed by atoms with Gasteiger partial charge in [0, 0.05) is 31.0 Å². The van der Waals surface area contributed by atoms with Crippen LogP contribution in [0.25, 0.3) is 0 Å². The Kier molecular flexibility index (Phi) is 3.66. The Hall–Kier alpha value is -0.870. The molecular weight excluding hydrogens is 228 g/mol. The average molecular weight is 250 g/mol. The predicted octanol–water partition coefficient (Wildman–Crippen LogP) is 1.94. The third-order valence-electron chi connectivity index (χ3n) is 4.41. The summed E-state index contributed by atoms with van der Waals surface area (Å²) in [5.41, 5.74) is 1.08. The molecule has 2 aliphatic rings. The molecule has 0 radical (unpaired) electrons. The molecule has 1 saturated heterocycles. The smallest absolute Gasteiger partial charge is 0.139 e. The zero-order valence-corrected chi connectivity index (χ0v) is 10.8. The molecule has 1 aliphatic heterocycles. The first-order valence-corrected chi connectivity index (χ1v) is 7.17. The molecule has 18 heavy (non-hydrogen) atoms. The number of aliphatic hydroxyl groups excluding tert-OH is 1. The summed E-state index contributed by atoms with van der Waals surface area (Å²) in [5, 5.41) is 13.0. The summed E-state index contributed by atoms with van der Waals surface area (Å²) in [4.78, 5) is 2.64. The van der Waals surface area contributed by atoms with Crippen molar-refractivity contribution >= 4 is 0 Å². The molecule has 1 aromatic heterocycles. The van der Waals surface area contributed by atoms with Crippen molar-refractivity contribution in [2.24, 2.45) is 0 Å². The highest BCUT2D eigenvalue weighted by Gasteiger charge is 2.31. The van der Waals surface area contributed by atoms with E-state index in [4.69, 9.17) is 9.63 Å². The summed E-state index contributed by atoms with van der Waals surface area (Å²) in [6.07, 6.45) is 7.32. The Bertz CT molecular complexity index is 385. The van der Waals surface area contributed by atoms with Gasteiger partial charge in [-0.3, -0.25) is 4.90 Å². The van der Waals surface area contributed by atoms with Crippen LogP contribution in [0.5, 0.6) is 0 Å². The fourth-order valence-corrected chi connectivity index (χ4v) is 3.38. The second kappa shape index (κ2) is 5.41. The van der Waals surface area contributed by atoms with Crippen molar-refractivity contribution in [2.45, 2.75) is 50.5 Å². The molecule has 1 atom stereocenters. The van der Waals surface area contributed by atoms with Crippen molar-refractivity contribution in [2.75, 3.05) is 19.7 Å². The molecular formula is C14H22N2O2. The van der Waals surface area contributed by atoms with Crippen molar-refractivity contribution in [1.29, 1.82) is 0 Å². The van der Waals surface area contributed by atoms with Crippen LogP contribution in [0.1, 0.15) is 49.5 Å². The van der Waals surface area contributed by atoms with Crippen molar-refractivity contribution in [3.8, 4) is 0 Å². The van der Waals surface area contributed by atoms with E-state index in [0.29, 0.717) is 12.3 Å². The first-order valence-electron chi connectivity index (χ1n) is 7.17. The van der Waals surface area contributed by atoms with Gasteiger partial charge < -0.3 is 9.63 Å². The van der Waals surface area contributed by atoms with Crippen molar-refractivity contribution in [3.05, 3.63) is 17.5 Å². The summed E-state index contributed by atoms with van der Waals surface area (Å²) >= 11 is 0. The SMILES string of the molecule is OCCc1cc(C2CCN(C3CCCC3)C2)no1. The zero-order chi connectivity index (χ0) is 12.4. The quantitative estimate of drug-likeness (QED) is 0.887. The lowest BCUT2D eigenvalue weighted by Crippen LogP contribution is -2.30. The molecule has 0 amide bonds. The Morgan fingerprint density at radius 1 is 1.33 bits per heavy atom. The van der Waals surface area contributed by atoms with Gasteiger partial charge in [0.05, 0.1) is 12.3 Å². The molecule has 0 aromatic carbocycles. The van der Waals surface area contributed by atoms with Gasteiger partial charge in [-0.15, -0.1) is 0 Å². The predicted molar refractivity (Wildman–Crippen MR) is 68.5 cm³/mol. The Morgan fingerprint density at radius 2 is 2.17 bits per heavy atom. The zero-order valence-electron chi connectivity index (χ0n) is 10.8. The van der Waals surface area contributed by atoms with E-state index < -0.39 is 0 Å². The van der Waals surface area contributed by atoms with E-state index in [1.807, 2.05) is 6.07 Å². The van der Waals surface area contributed by atoms with Crippen molar-refractivity contribution in [3.63, 3.8) is 0 Å². The lowest BCUT2D eigenvalue weighted by atomic mass is 10.0. The molecule has 1 aliphatic carbocycles. The number of aromatic nitrogens is 1. The molecule has 1 N–H and O–H groups in total. The van der Waals surface area contributed by atoms with Crippen LogP contribution in [-0.4, -0.2) is 40.9 Å². The normalized spacial score (nSPS) is 26.2. The monoisotopic (exact) mass is 250 g/mol. The number of aliphatic hydroxyl groups is 1. The van der Waals surface area contributed by atoms with Crippen LogP contribution in [0, 0.1) is 0 Å². The van der Waals surface area contributed by atoms with Crippen molar-refractivity contribution in [1.82, 2.24) is 10.1 Å². The van der Waals surface area contributed by atoms with E-state index in [-0.39, 0.29) is 6.61 Å². The Morgan fingerprint density at radius 3 is 2.94 bits per heavy atom. The van der Waals surface area contributed by atoms with Crippen LogP contribution < -0.4 is 0 Å². The maximum Gasteiger partial charge on any atom is 0.139 e. The van der Waals surface area contributed by atoms with Gasteiger partial charge in [-0.2, -0.15) is 0 Å². The van der Waals surface area contributed by atoms with Gasteiger partial charge in [-0.1, -0.05) is 18.0 Å². The van der Waals surface area contributed by atoms with E-state index in [2.05, 4.69) is 10.1 Å². The molecule has 2 fully saturated rings. The fourth-order valence-electron chi connectivity index (χ4n) is 3.38. The Balaban J connectivity index is 1.60. The Labute approximate surface area is 108 Å². The standard InChI is InChI=1S/C14H22N2O2/c17-8-6-13-9-14(15-18-13)11-5-7-16(10-11)12-3-1-2-4-12/h9,11-12,17H,1-8,10H2. The maximum atomic E-state index is 8.88. The largest absolute Gasteiger partial charge is 0.396 e. The van der Waals surface area contributed by atoms with Gasteiger partial charge >= 0.3 is 0 Å². The highest BCUT2D eigenvalue weighted by Crippen LogP contribution is 2.32. The van der Waals surface area contributed by atoms with Crippen LogP contribution in [-0.2, 0) is 6.42 Å². The van der Waals surface area contributed by atoms with Gasteiger partial charge in [-0.05, 0) is 25.8 Å². The highest BCUT2D eigenvalue weighted by atomic mass is 16.5. The van der Waals surface area contributed by atoms with Crippen LogP contribution in [0.3, 0.4) is 0 Å². The molecule has 4 nitrogen and oxygen atoms in total. The summed E-state index contributed by atoms with van der Waals surface area (Å²) in [7, 11) is 0. The highest BCUT2D eigenvalue weighted by molar-refractivity contribution is 5.13. The van der Waals surface area contributed by atoms with Gasteiger partial charge in [-0.25, -0.2) is 0 Å². The van der Waals surface area contributed by atoms with Gasteiger partial charge in [0.15, 0.2) is 0 Å². The fraction of sp³-hybridized carbons (Fsp3) is 0.786. The first-order chi connectivity index (χ1) is 8.86. The number of likely N-dealkylation sites (tertiary alicyclic amines) is 1. The van der Waals surface area contributed by atoms with E-state index in [1.165, 1.54) is 38.6 Å². The van der Waals surface area contributed by atoms with Gasteiger partial charge in [0.1, 0.15) is 5.76 Å². The van der Waals surface area contributed by atoms with Crippen LogP contribution in [0.2, 0.25) is 0 Å². The van der Waals surface area contributed by atoms with Crippen molar-refractivity contribution < 1.29 is 9.63 Å². The summed E-state index contributed by atoms with van der Waals surface area (Å²) in [5.74, 6) is 1.34. The molecule has 1 unspecified atom stereocenters. The van der Waals surface area contributed by atoms with E-state index in [9.17, 15) is 0 Å². The topological polar surface area (TPSA) is 49.5 Å². The molecule has 2 heterocycles. The van der Waals surface area contributed by atoms with E-state index in [1.54, 1.807) is 0 Å². The minimum atomic E-state index is 0.132. The van der Waals surface area contributed by atoms with Gasteiger partial charge in [0.2, 0.25) is 0 Å². The number of rotatable bonds is 4. The van der Waals surface area contributed by atoms with Crippen LogP contribution >= 0.6 is 0 Å². The lowest BCUT2D eigenvalue weighted by Gasteiger charge is -2.23. The second-order valence-corrected chi connectivity index (χ2v) is 5.61. The minimum absolute atomic E-state index is 0.132. The average Bonchev–Trinajstić information content (AvgIpc) is 3.10. The maximum absolute atomic E-state index is 8.88. The van der Waals surface area contributed by atoms with Crippen LogP contribution in [0.15, 0.2) is 10.6 Å². The second-order valence-electron chi connectivity index (χ2n) is 5.61. The molecule has 4 heteroatoms. The first kappa shape index (κ1) is 12.2. The third kappa shape index (κ3) is 2.45. The molecule has 0 bridgehead atoms. The van der Waals surface area contributed by atoms with Gasteiger partial charge in [0.25, 0.3) is 0 Å². The summed E-state index contributed by atoms with van der Waals surface area (Å²) < 4.78 is 5.25. The number of nitrogens with zero attached hydrogens (tertiary/aromatic N) is 2. The van der Waals surface area contributed by atoms with E-state index in [0.717, 1.165) is 24.0 Å². The summed E-state index contributed by atoms with van der Waals surface area (Å²) in [6, 6.07) is 2.85. The molecule has 1 saturated carbocycles. The molecule has 100 valence electrons.